The topological polar surface area (TPSA) is 46.5 Å². The molecule has 0 spiro atoms. The second-order valence-electron chi connectivity index (χ2n) is 2.42. The molecule has 1 aliphatic heterocycles. The molecule has 52 valence electrons. The molecule has 9 heavy (non-hydrogen) atoms. The van der Waals surface area contributed by atoms with Gasteiger partial charge >= 0.3 is 5.97 Å². The minimum absolute atomic E-state index is 0.237. The van der Waals surface area contributed by atoms with Crippen molar-refractivity contribution in [3.63, 3.8) is 0 Å². The van der Waals surface area contributed by atoms with Crippen LogP contribution in [0.15, 0.2) is 0 Å². The maximum atomic E-state index is 10.3. The third-order valence-corrected chi connectivity index (χ3v) is 1.76. The van der Waals surface area contributed by atoms with Crippen LogP contribution in [0, 0.1) is 11.8 Å². The van der Waals surface area contributed by atoms with E-state index < -0.39 is 5.97 Å². The molecule has 0 radical (unpaired) electrons. The molecule has 1 N–H and O–H groups in total. The lowest BCUT2D eigenvalue weighted by atomic mass is 9.93. The van der Waals surface area contributed by atoms with Crippen molar-refractivity contribution in [2.24, 2.45) is 11.8 Å². The molecule has 1 heterocycles. The molecule has 0 aromatic rings. The highest BCUT2D eigenvalue weighted by molar-refractivity contribution is 5.70. The Bertz CT molecular complexity index is 117. The molecule has 0 aliphatic carbocycles. The first-order valence-electron chi connectivity index (χ1n) is 3.02. The molecule has 1 rings (SSSR count). The van der Waals surface area contributed by atoms with Crippen molar-refractivity contribution in [3.05, 3.63) is 0 Å². The summed E-state index contributed by atoms with van der Waals surface area (Å²) >= 11 is 0. The Morgan fingerprint density at radius 1 is 1.78 bits per heavy atom. The van der Waals surface area contributed by atoms with Gasteiger partial charge in [0, 0.05) is 5.92 Å². The van der Waals surface area contributed by atoms with Crippen LogP contribution in [0.2, 0.25) is 0 Å². The van der Waals surface area contributed by atoms with Gasteiger partial charge in [0.25, 0.3) is 0 Å². The predicted octanol–water partition coefficient (Wildman–Crippen LogP) is 0.353. The Hall–Kier alpha value is -0.570. The molecule has 0 saturated carbocycles. The molecule has 0 amide bonds. The summed E-state index contributed by atoms with van der Waals surface area (Å²) in [5, 5.41) is 8.46. The number of hydrogen-bond acceptors (Lipinski definition) is 2. The summed E-state index contributed by atoms with van der Waals surface area (Å²) in [7, 11) is 0. The fourth-order valence-corrected chi connectivity index (χ4v) is 0.744. The van der Waals surface area contributed by atoms with Gasteiger partial charge in [-0.3, -0.25) is 4.79 Å². The van der Waals surface area contributed by atoms with Crippen molar-refractivity contribution in [2.75, 3.05) is 13.2 Å². The van der Waals surface area contributed by atoms with Gasteiger partial charge in [0.15, 0.2) is 0 Å². The third-order valence-electron chi connectivity index (χ3n) is 1.76. The summed E-state index contributed by atoms with van der Waals surface area (Å²) in [6.07, 6.45) is 0. The summed E-state index contributed by atoms with van der Waals surface area (Å²) < 4.78 is 4.84. The van der Waals surface area contributed by atoms with E-state index >= 15 is 0 Å². The van der Waals surface area contributed by atoms with Crippen molar-refractivity contribution >= 4 is 5.97 Å². The first kappa shape index (κ1) is 6.55. The summed E-state index contributed by atoms with van der Waals surface area (Å²) in [6.45, 7) is 2.95. The molecule has 0 aromatic carbocycles. The molecule has 1 saturated heterocycles. The Labute approximate surface area is 53.6 Å². The number of carbonyl (C=O) groups is 1. The van der Waals surface area contributed by atoms with Crippen LogP contribution in [0.4, 0.5) is 0 Å². The minimum atomic E-state index is -0.719. The van der Waals surface area contributed by atoms with Gasteiger partial charge in [-0.1, -0.05) is 6.92 Å². The molecule has 3 nitrogen and oxygen atoms in total. The average molecular weight is 130 g/mol. The largest absolute Gasteiger partial charge is 0.481 e. The Morgan fingerprint density at radius 3 is 2.44 bits per heavy atom. The Morgan fingerprint density at radius 2 is 2.33 bits per heavy atom. The zero-order valence-corrected chi connectivity index (χ0v) is 5.33. The normalized spacial score (nSPS) is 22.8. The molecule has 0 bridgehead atoms. The number of ether oxygens (including phenoxy) is 1. The maximum absolute atomic E-state index is 10.3. The van der Waals surface area contributed by atoms with E-state index in [1.54, 1.807) is 6.92 Å². The van der Waals surface area contributed by atoms with Crippen molar-refractivity contribution < 1.29 is 14.6 Å². The van der Waals surface area contributed by atoms with E-state index in [9.17, 15) is 4.79 Å². The fourth-order valence-electron chi connectivity index (χ4n) is 0.744. The van der Waals surface area contributed by atoms with E-state index in [1.165, 1.54) is 0 Å². The van der Waals surface area contributed by atoms with E-state index in [2.05, 4.69) is 0 Å². The van der Waals surface area contributed by atoms with Gasteiger partial charge < -0.3 is 9.84 Å². The second kappa shape index (κ2) is 2.35. The van der Waals surface area contributed by atoms with Crippen LogP contribution in [0.5, 0.6) is 0 Å². The summed E-state index contributed by atoms with van der Waals surface area (Å²) in [5.41, 5.74) is 0. The number of aliphatic carboxylic acids is 1. The van der Waals surface area contributed by atoms with E-state index in [0.29, 0.717) is 13.2 Å². The van der Waals surface area contributed by atoms with Crippen LogP contribution in [0.1, 0.15) is 6.92 Å². The lowest BCUT2D eigenvalue weighted by Crippen LogP contribution is -2.36. The minimum Gasteiger partial charge on any atom is -0.481 e. The van der Waals surface area contributed by atoms with Crippen molar-refractivity contribution in [1.29, 1.82) is 0 Å². The zero-order valence-electron chi connectivity index (χ0n) is 5.33. The molecule has 1 fully saturated rings. The quantitative estimate of drug-likeness (QED) is 0.586. The number of rotatable bonds is 2. The number of hydrogen-bond donors (Lipinski definition) is 1. The van der Waals surface area contributed by atoms with Gasteiger partial charge in [0.05, 0.1) is 19.1 Å². The van der Waals surface area contributed by atoms with Crippen molar-refractivity contribution in [1.82, 2.24) is 0 Å². The molecule has 1 atom stereocenters. The van der Waals surface area contributed by atoms with Crippen molar-refractivity contribution in [3.8, 4) is 0 Å². The first-order chi connectivity index (χ1) is 4.22. The number of carboxylic acids is 1. The maximum Gasteiger partial charge on any atom is 0.306 e. The fraction of sp³-hybridized carbons (Fsp3) is 0.833. The van der Waals surface area contributed by atoms with Gasteiger partial charge in [-0.2, -0.15) is 0 Å². The van der Waals surface area contributed by atoms with E-state index in [4.69, 9.17) is 9.84 Å². The van der Waals surface area contributed by atoms with E-state index in [0.717, 1.165) is 0 Å². The van der Waals surface area contributed by atoms with Crippen molar-refractivity contribution in [2.45, 2.75) is 6.92 Å². The molecular weight excluding hydrogens is 120 g/mol. The molecule has 0 unspecified atom stereocenters. The van der Waals surface area contributed by atoms with Gasteiger partial charge in [-0.05, 0) is 0 Å². The first-order valence-corrected chi connectivity index (χ1v) is 3.02. The molecule has 3 heteroatoms. The Balaban J connectivity index is 2.32. The van der Waals surface area contributed by atoms with Crippen LogP contribution in [0.3, 0.4) is 0 Å². The SMILES string of the molecule is C[C@H](C(=O)O)C1COC1. The highest BCUT2D eigenvalue weighted by Crippen LogP contribution is 2.19. The zero-order chi connectivity index (χ0) is 6.85. The van der Waals surface area contributed by atoms with Crippen LogP contribution < -0.4 is 0 Å². The van der Waals surface area contributed by atoms with Crippen LogP contribution in [0.25, 0.3) is 0 Å². The highest BCUT2D eigenvalue weighted by Gasteiger charge is 2.29. The summed E-state index contributed by atoms with van der Waals surface area (Å²) in [4.78, 5) is 10.3. The van der Waals surface area contributed by atoms with Gasteiger partial charge in [0.1, 0.15) is 0 Å². The van der Waals surface area contributed by atoms with Gasteiger partial charge in [0.2, 0.25) is 0 Å². The lowest BCUT2D eigenvalue weighted by molar-refractivity contribution is -0.150. The van der Waals surface area contributed by atoms with Crippen LogP contribution in [-0.4, -0.2) is 24.3 Å². The standard InChI is InChI=1S/C6H10O3/c1-4(6(7)8)5-2-9-3-5/h4-5H,2-3H2,1H3,(H,7,8)/t4-/m0/s1. The highest BCUT2D eigenvalue weighted by atomic mass is 16.5. The van der Waals surface area contributed by atoms with Crippen LogP contribution in [-0.2, 0) is 9.53 Å². The van der Waals surface area contributed by atoms with Gasteiger partial charge in [-0.25, -0.2) is 0 Å². The second-order valence-corrected chi connectivity index (χ2v) is 2.42. The van der Waals surface area contributed by atoms with E-state index in [1.807, 2.05) is 0 Å². The number of carboxylic acid groups (broad SMARTS) is 1. The van der Waals surface area contributed by atoms with Gasteiger partial charge in [-0.15, -0.1) is 0 Å². The predicted molar refractivity (Wildman–Crippen MR) is 31.1 cm³/mol. The lowest BCUT2D eigenvalue weighted by Gasteiger charge is -2.28. The third kappa shape index (κ3) is 1.21. The smallest absolute Gasteiger partial charge is 0.306 e. The molecular formula is C6H10O3. The average Bonchev–Trinajstić information content (AvgIpc) is 1.60. The summed E-state index contributed by atoms with van der Waals surface area (Å²) in [5.74, 6) is -0.704. The molecule has 1 aliphatic rings. The van der Waals surface area contributed by atoms with E-state index in [-0.39, 0.29) is 11.8 Å². The Kier molecular flexibility index (Phi) is 1.71. The molecule has 0 aromatic heterocycles. The van der Waals surface area contributed by atoms with Crippen LogP contribution >= 0.6 is 0 Å². The summed E-state index contributed by atoms with van der Waals surface area (Å²) in [6, 6.07) is 0. The monoisotopic (exact) mass is 130 g/mol.